The Morgan fingerprint density at radius 1 is 1.40 bits per heavy atom. The third-order valence-corrected chi connectivity index (χ3v) is 4.18. The van der Waals surface area contributed by atoms with E-state index in [0.29, 0.717) is 0 Å². The first-order valence-corrected chi connectivity index (χ1v) is 6.82. The smallest absolute Gasteiger partial charge is 0.0200 e. The van der Waals surface area contributed by atoms with Crippen LogP contribution in [0.3, 0.4) is 0 Å². The molecule has 2 unspecified atom stereocenters. The van der Waals surface area contributed by atoms with Crippen LogP contribution in [0.5, 0.6) is 0 Å². The zero-order valence-electron chi connectivity index (χ0n) is 9.70. The molecule has 0 aliphatic heterocycles. The van der Waals surface area contributed by atoms with Gasteiger partial charge in [0.15, 0.2) is 0 Å². The summed E-state index contributed by atoms with van der Waals surface area (Å²) in [5.74, 6) is 1.58. The molecule has 1 saturated carbocycles. The minimum Gasteiger partial charge on any atom is -0.325 e. The largest absolute Gasteiger partial charge is 0.325 e. The van der Waals surface area contributed by atoms with E-state index in [-0.39, 0.29) is 5.54 Å². The van der Waals surface area contributed by atoms with Crippen LogP contribution in [0.15, 0.2) is 16.8 Å². The van der Waals surface area contributed by atoms with Gasteiger partial charge in [-0.1, -0.05) is 13.8 Å². The lowest BCUT2D eigenvalue weighted by Gasteiger charge is -2.40. The first-order chi connectivity index (χ1) is 7.07. The van der Waals surface area contributed by atoms with Gasteiger partial charge in [-0.15, -0.1) is 0 Å². The summed E-state index contributed by atoms with van der Waals surface area (Å²) in [4.78, 5) is 0. The molecule has 0 aromatic carbocycles. The van der Waals surface area contributed by atoms with Gasteiger partial charge in [0.2, 0.25) is 0 Å². The predicted octanol–water partition coefficient (Wildman–Crippen LogP) is 3.44. The first kappa shape index (κ1) is 11.2. The van der Waals surface area contributed by atoms with Gasteiger partial charge in [0.25, 0.3) is 0 Å². The van der Waals surface area contributed by atoms with Gasteiger partial charge in [-0.2, -0.15) is 11.3 Å². The summed E-state index contributed by atoms with van der Waals surface area (Å²) in [5.41, 5.74) is 8.01. The summed E-state index contributed by atoms with van der Waals surface area (Å²) in [7, 11) is 0. The lowest BCUT2D eigenvalue weighted by atomic mass is 9.70. The average molecular weight is 223 g/mol. The summed E-state index contributed by atoms with van der Waals surface area (Å²) >= 11 is 1.77. The number of hydrogen-bond acceptors (Lipinski definition) is 2. The van der Waals surface area contributed by atoms with E-state index >= 15 is 0 Å². The summed E-state index contributed by atoms with van der Waals surface area (Å²) in [6, 6.07) is 2.21. The molecule has 1 fully saturated rings. The van der Waals surface area contributed by atoms with E-state index in [0.717, 1.165) is 18.3 Å². The molecule has 2 rings (SSSR count). The van der Waals surface area contributed by atoms with Crippen molar-refractivity contribution in [3.8, 4) is 0 Å². The highest BCUT2D eigenvalue weighted by Crippen LogP contribution is 2.36. The molecule has 15 heavy (non-hydrogen) atoms. The first-order valence-electron chi connectivity index (χ1n) is 5.87. The minimum absolute atomic E-state index is 0.0537. The molecule has 2 heteroatoms. The normalized spacial score (nSPS) is 36.7. The van der Waals surface area contributed by atoms with E-state index in [1.807, 2.05) is 0 Å². The Balaban J connectivity index is 2.05. The lowest BCUT2D eigenvalue weighted by molar-refractivity contribution is 0.182. The number of thiophene rings is 1. The Morgan fingerprint density at radius 2 is 2.07 bits per heavy atom. The second-order valence-corrected chi connectivity index (χ2v) is 6.31. The predicted molar refractivity (Wildman–Crippen MR) is 67.1 cm³/mol. The van der Waals surface area contributed by atoms with Gasteiger partial charge in [0.05, 0.1) is 0 Å². The molecule has 0 spiro atoms. The molecule has 1 heterocycles. The highest BCUT2D eigenvalue weighted by atomic mass is 32.1. The molecule has 1 aliphatic carbocycles. The molecule has 1 nitrogen and oxygen atoms in total. The van der Waals surface area contributed by atoms with Crippen LogP contribution in [0.25, 0.3) is 0 Å². The number of rotatable bonds is 2. The quantitative estimate of drug-likeness (QED) is 0.816. The fraction of sp³-hybridized carbons (Fsp3) is 0.692. The van der Waals surface area contributed by atoms with Crippen LogP contribution in [0.4, 0.5) is 0 Å². The molecule has 1 aromatic rings. The second kappa shape index (κ2) is 4.26. The standard InChI is InChI=1S/C13H21NS/c1-10-5-11(2)7-13(14,6-10)8-12-3-4-15-9-12/h3-4,9-11H,5-8,14H2,1-2H3. The summed E-state index contributed by atoms with van der Waals surface area (Å²) in [5, 5.41) is 4.38. The van der Waals surface area contributed by atoms with Gasteiger partial charge in [-0.3, -0.25) is 0 Å². The van der Waals surface area contributed by atoms with Crippen LogP contribution in [0.2, 0.25) is 0 Å². The zero-order chi connectivity index (χ0) is 10.9. The highest BCUT2D eigenvalue weighted by Gasteiger charge is 2.34. The fourth-order valence-corrected chi connectivity index (χ4v) is 3.94. The van der Waals surface area contributed by atoms with E-state index in [1.165, 1.54) is 24.8 Å². The van der Waals surface area contributed by atoms with Crippen molar-refractivity contribution in [3.05, 3.63) is 22.4 Å². The van der Waals surface area contributed by atoms with Gasteiger partial charge < -0.3 is 5.73 Å². The van der Waals surface area contributed by atoms with E-state index in [4.69, 9.17) is 5.73 Å². The van der Waals surface area contributed by atoms with Crippen molar-refractivity contribution in [2.75, 3.05) is 0 Å². The molecule has 0 radical (unpaired) electrons. The van der Waals surface area contributed by atoms with Gasteiger partial charge in [0, 0.05) is 5.54 Å². The van der Waals surface area contributed by atoms with Gasteiger partial charge in [-0.25, -0.2) is 0 Å². The van der Waals surface area contributed by atoms with Gasteiger partial charge >= 0.3 is 0 Å². The molecular weight excluding hydrogens is 202 g/mol. The topological polar surface area (TPSA) is 26.0 Å². The molecule has 1 aromatic heterocycles. The van der Waals surface area contributed by atoms with Gasteiger partial charge in [-0.05, 0) is 59.9 Å². The summed E-state index contributed by atoms with van der Waals surface area (Å²) in [6.45, 7) is 4.68. The summed E-state index contributed by atoms with van der Waals surface area (Å²) < 4.78 is 0. The van der Waals surface area contributed by atoms with E-state index < -0.39 is 0 Å². The third kappa shape index (κ3) is 2.82. The molecule has 2 atom stereocenters. The van der Waals surface area contributed by atoms with Crippen molar-refractivity contribution < 1.29 is 0 Å². The van der Waals surface area contributed by atoms with Crippen LogP contribution < -0.4 is 5.73 Å². The summed E-state index contributed by atoms with van der Waals surface area (Å²) in [6.07, 6.45) is 4.79. The Kier molecular flexibility index (Phi) is 3.17. The second-order valence-electron chi connectivity index (χ2n) is 5.53. The lowest BCUT2D eigenvalue weighted by Crippen LogP contribution is -2.47. The zero-order valence-corrected chi connectivity index (χ0v) is 10.5. The average Bonchev–Trinajstić information content (AvgIpc) is 2.52. The molecule has 0 amide bonds. The Morgan fingerprint density at radius 3 is 2.60 bits per heavy atom. The van der Waals surface area contributed by atoms with Crippen LogP contribution in [0, 0.1) is 11.8 Å². The van der Waals surface area contributed by atoms with Gasteiger partial charge in [0.1, 0.15) is 0 Å². The highest BCUT2D eigenvalue weighted by molar-refractivity contribution is 7.07. The maximum absolute atomic E-state index is 6.54. The van der Waals surface area contributed by atoms with Crippen LogP contribution >= 0.6 is 11.3 Å². The maximum Gasteiger partial charge on any atom is 0.0200 e. The van der Waals surface area contributed by atoms with Crippen molar-refractivity contribution >= 4 is 11.3 Å². The molecule has 2 N–H and O–H groups in total. The van der Waals surface area contributed by atoms with Crippen molar-refractivity contribution in [2.45, 2.75) is 45.1 Å². The molecule has 84 valence electrons. The number of hydrogen-bond donors (Lipinski definition) is 1. The Bertz CT molecular complexity index is 294. The number of nitrogens with two attached hydrogens (primary N) is 1. The molecule has 1 aliphatic rings. The van der Waals surface area contributed by atoms with Crippen LogP contribution in [0.1, 0.15) is 38.7 Å². The van der Waals surface area contributed by atoms with Crippen LogP contribution in [-0.2, 0) is 6.42 Å². The minimum atomic E-state index is 0.0537. The Labute approximate surface area is 96.7 Å². The molecule has 0 saturated heterocycles. The molecular formula is C13H21NS. The maximum atomic E-state index is 6.54. The third-order valence-electron chi connectivity index (χ3n) is 3.45. The van der Waals surface area contributed by atoms with E-state index in [2.05, 4.69) is 30.7 Å². The van der Waals surface area contributed by atoms with Crippen molar-refractivity contribution in [1.29, 1.82) is 0 Å². The fourth-order valence-electron chi connectivity index (χ4n) is 3.27. The van der Waals surface area contributed by atoms with Crippen molar-refractivity contribution in [2.24, 2.45) is 17.6 Å². The monoisotopic (exact) mass is 223 g/mol. The van der Waals surface area contributed by atoms with Crippen molar-refractivity contribution in [3.63, 3.8) is 0 Å². The van der Waals surface area contributed by atoms with Crippen molar-refractivity contribution in [1.82, 2.24) is 0 Å². The van der Waals surface area contributed by atoms with E-state index in [9.17, 15) is 0 Å². The SMILES string of the molecule is CC1CC(C)CC(N)(Cc2ccsc2)C1. The molecule has 0 bridgehead atoms. The van der Waals surface area contributed by atoms with Crippen LogP contribution in [-0.4, -0.2) is 5.54 Å². The Hall–Kier alpha value is -0.340. The van der Waals surface area contributed by atoms with E-state index in [1.54, 1.807) is 11.3 Å².